The van der Waals surface area contributed by atoms with Crippen LogP contribution in [0.15, 0.2) is 66.9 Å². The van der Waals surface area contributed by atoms with Crippen molar-refractivity contribution in [2.75, 3.05) is 0 Å². The van der Waals surface area contributed by atoms with Crippen molar-refractivity contribution in [1.29, 1.82) is 0 Å². The molecule has 1 atom stereocenters. The fraction of sp³-hybridized carbons (Fsp3) is 0.150. The number of ether oxygens (including phenoxy) is 1. The van der Waals surface area contributed by atoms with Crippen molar-refractivity contribution in [2.45, 2.75) is 19.1 Å². The molecule has 5 heteroatoms. The molecule has 1 radical (unpaired) electrons. The van der Waals surface area contributed by atoms with E-state index in [-0.39, 0.29) is 6.61 Å². The molecule has 0 saturated carbocycles. The second-order valence-corrected chi connectivity index (χ2v) is 5.57. The monoisotopic (exact) mass is 333 g/mol. The van der Waals surface area contributed by atoms with Gasteiger partial charge in [0, 0.05) is 18.0 Å². The van der Waals surface area contributed by atoms with Crippen molar-refractivity contribution in [3.05, 3.63) is 78.0 Å². The van der Waals surface area contributed by atoms with Crippen molar-refractivity contribution in [1.82, 2.24) is 10.3 Å². The Hall–Kier alpha value is -3.21. The number of fused-ring (bicyclic) bond motifs is 1. The van der Waals surface area contributed by atoms with Crippen molar-refractivity contribution < 1.29 is 14.3 Å². The summed E-state index contributed by atoms with van der Waals surface area (Å²) < 4.78 is 5.14. The van der Waals surface area contributed by atoms with Crippen LogP contribution >= 0.6 is 0 Å². The first-order valence-electron chi connectivity index (χ1n) is 7.94. The third kappa shape index (κ3) is 4.41. The number of pyridine rings is 1. The average molecular weight is 333 g/mol. The number of benzene rings is 2. The highest BCUT2D eigenvalue weighted by Gasteiger charge is 2.15. The minimum Gasteiger partial charge on any atom is -0.445 e. The molecule has 125 valence electrons. The topological polar surface area (TPSA) is 68.3 Å². The number of nitrogens with zero attached hydrogens (tertiary/aromatic N) is 1. The lowest BCUT2D eigenvalue weighted by Crippen LogP contribution is -2.37. The van der Waals surface area contributed by atoms with Crippen LogP contribution in [-0.4, -0.2) is 23.4 Å². The minimum atomic E-state index is -0.783. The van der Waals surface area contributed by atoms with Crippen LogP contribution in [0.2, 0.25) is 0 Å². The Bertz CT molecular complexity index is 860. The molecule has 1 amide bonds. The fourth-order valence-electron chi connectivity index (χ4n) is 2.58. The molecule has 2 aromatic carbocycles. The van der Waals surface area contributed by atoms with Crippen LogP contribution in [-0.2, 0) is 22.6 Å². The SMILES string of the molecule is O=[C]C(Cc1ccnc2ccccc12)NC(=O)OCc1ccccc1. The zero-order valence-electron chi connectivity index (χ0n) is 13.5. The summed E-state index contributed by atoms with van der Waals surface area (Å²) in [5.41, 5.74) is 2.64. The summed E-state index contributed by atoms with van der Waals surface area (Å²) in [4.78, 5) is 27.4. The van der Waals surface area contributed by atoms with E-state index >= 15 is 0 Å². The van der Waals surface area contributed by atoms with Crippen molar-refractivity contribution >= 4 is 23.3 Å². The van der Waals surface area contributed by atoms with E-state index in [9.17, 15) is 9.59 Å². The number of carbonyl (C=O) groups is 1. The second kappa shape index (κ2) is 8.06. The minimum absolute atomic E-state index is 0.149. The van der Waals surface area contributed by atoms with Crippen LogP contribution in [0.5, 0.6) is 0 Å². The Morgan fingerprint density at radius 3 is 2.64 bits per heavy atom. The third-order valence-electron chi connectivity index (χ3n) is 3.81. The Morgan fingerprint density at radius 1 is 1.08 bits per heavy atom. The number of carbonyl (C=O) groups excluding carboxylic acids is 2. The zero-order valence-corrected chi connectivity index (χ0v) is 13.5. The molecular formula is C20H17N2O3. The van der Waals surface area contributed by atoms with Gasteiger partial charge >= 0.3 is 6.09 Å². The predicted octanol–water partition coefficient (Wildman–Crippen LogP) is 3.18. The summed E-state index contributed by atoms with van der Waals surface area (Å²) in [7, 11) is 0. The molecule has 1 heterocycles. The molecule has 25 heavy (non-hydrogen) atoms. The van der Waals surface area contributed by atoms with Gasteiger partial charge < -0.3 is 10.1 Å². The molecule has 0 bridgehead atoms. The number of amides is 1. The summed E-state index contributed by atoms with van der Waals surface area (Å²) in [6.07, 6.45) is 3.23. The molecule has 0 aliphatic rings. The zero-order chi connectivity index (χ0) is 17.5. The lowest BCUT2D eigenvalue weighted by molar-refractivity contribution is 0.138. The number of hydrogen-bond acceptors (Lipinski definition) is 4. The summed E-state index contributed by atoms with van der Waals surface area (Å²) in [5.74, 6) is 0. The van der Waals surface area contributed by atoms with Crippen LogP contribution in [0, 0.1) is 0 Å². The van der Waals surface area contributed by atoms with Gasteiger partial charge in [-0.25, -0.2) is 4.79 Å². The summed E-state index contributed by atoms with van der Waals surface area (Å²) in [5, 5.41) is 3.49. The summed E-state index contributed by atoms with van der Waals surface area (Å²) in [6.45, 7) is 0.149. The van der Waals surface area contributed by atoms with E-state index in [0.717, 1.165) is 22.0 Å². The normalized spacial score (nSPS) is 11.7. The van der Waals surface area contributed by atoms with Gasteiger partial charge in [0.15, 0.2) is 0 Å². The van der Waals surface area contributed by atoms with Gasteiger partial charge in [-0.05, 0) is 23.3 Å². The molecule has 1 unspecified atom stereocenters. The molecule has 1 N–H and O–H groups in total. The van der Waals surface area contributed by atoms with E-state index in [1.54, 1.807) is 6.20 Å². The summed E-state index contributed by atoms with van der Waals surface area (Å²) >= 11 is 0. The van der Waals surface area contributed by atoms with Crippen LogP contribution in [0.4, 0.5) is 4.79 Å². The molecular weight excluding hydrogens is 316 g/mol. The highest BCUT2D eigenvalue weighted by atomic mass is 16.5. The highest BCUT2D eigenvalue weighted by Crippen LogP contribution is 2.17. The number of para-hydroxylation sites is 1. The lowest BCUT2D eigenvalue weighted by Gasteiger charge is -2.13. The smallest absolute Gasteiger partial charge is 0.408 e. The third-order valence-corrected chi connectivity index (χ3v) is 3.81. The maximum Gasteiger partial charge on any atom is 0.408 e. The van der Waals surface area contributed by atoms with Crippen molar-refractivity contribution in [2.24, 2.45) is 0 Å². The van der Waals surface area contributed by atoms with Crippen LogP contribution < -0.4 is 5.32 Å². The highest BCUT2D eigenvalue weighted by molar-refractivity contribution is 5.82. The van der Waals surface area contributed by atoms with Gasteiger partial charge in [-0.15, -0.1) is 0 Å². The van der Waals surface area contributed by atoms with Gasteiger partial charge in [0.1, 0.15) is 12.6 Å². The molecule has 1 aromatic heterocycles. The molecule has 0 fully saturated rings. The average Bonchev–Trinajstić information content (AvgIpc) is 2.67. The Morgan fingerprint density at radius 2 is 1.84 bits per heavy atom. The molecule has 0 aliphatic heterocycles. The van der Waals surface area contributed by atoms with Gasteiger partial charge in [0.05, 0.1) is 5.52 Å². The molecule has 5 nitrogen and oxygen atoms in total. The number of rotatable bonds is 6. The first-order valence-corrected chi connectivity index (χ1v) is 7.94. The number of nitrogens with one attached hydrogen (secondary N) is 1. The van der Waals surface area contributed by atoms with E-state index in [0.29, 0.717) is 6.42 Å². The standard InChI is InChI=1S/C20H17N2O3/c23-13-17(22-20(24)25-14-15-6-2-1-3-7-15)12-16-10-11-21-19-9-5-4-8-18(16)19/h1-11,17H,12,14H2,(H,22,24). The van der Waals surface area contributed by atoms with Gasteiger partial charge in [-0.1, -0.05) is 48.5 Å². The van der Waals surface area contributed by atoms with Crippen molar-refractivity contribution in [3.63, 3.8) is 0 Å². The Kier molecular flexibility index (Phi) is 5.36. The molecule has 0 spiro atoms. The van der Waals surface area contributed by atoms with E-state index in [1.807, 2.05) is 66.9 Å². The van der Waals surface area contributed by atoms with E-state index in [4.69, 9.17) is 4.74 Å². The summed E-state index contributed by atoms with van der Waals surface area (Å²) in [6, 6.07) is 18.1. The number of alkyl carbamates (subject to hydrolysis) is 1. The van der Waals surface area contributed by atoms with E-state index in [2.05, 4.69) is 10.3 Å². The maximum atomic E-state index is 11.9. The predicted molar refractivity (Wildman–Crippen MR) is 94.7 cm³/mol. The van der Waals surface area contributed by atoms with Crippen LogP contribution in [0.1, 0.15) is 11.1 Å². The molecule has 3 rings (SSSR count). The van der Waals surface area contributed by atoms with E-state index in [1.165, 1.54) is 0 Å². The van der Waals surface area contributed by atoms with Gasteiger partial charge in [0.2, 0.25) is 6.29 Å². The Balaban J connectivity index is 1.62. The lowest BCUT2D eigenvalue weighted by atomic mass is 10.0. The van der Waals surface area contributed by atoms with Gasteiger partial charge in [-0.2, -0.15) is 0 Å². The first kappa shape index (κ1) is 16.6. The van der Waals surface area contributed by atoms with Gasteiger partial charge in [0.25, 0.3) is 0 Å². The van der Waals surface area contributed by atoms with Crippen LogP contribution in [0.25, 0.3) is 10.9 Å². The van der Waals surface area contributed by atoms with E-state index < -0.39 is 12.1 Å². The fourth-order valence-corrected chi connectivity index (χ4v) is 2.58. The maximum absolute atomic E-state index is 11.9. The number of aromatic nitrogens is 1. The van der Waals surface area contributed by atoms with Gasteiger partial charge in [-0.3, -0.25) is 9.78 Å². The van der Waals surface area contributed by atoms with Crippen LogP contribution in [0.3, 0.4) is 0 Å². The number of hydrogen-bond donors (Lipinski definition) is 1. The molecule has 0 saturated heterocycles. The largest absolute Gasteiger partial charge is 0.445 e. The quantitative estimate of drug-likeness (QED) is 0.752. The first-order chi connectivity index (χ1) is 12.3. The molecule has 3 aromatic rings. The second-order valence-electron chi connectivity index (χ2n) is 5.57. The Labute approximate surface area is 145 Å². The molecule has 0 aliphatic carbocycles. The van der Waals surface area contributed by atoms with Crippen molar-refractivity contribution in [3.8, 4) is 0 Å².